The Morgan fingerprint density at radius 3 is 2.05 bits per heavy atom. The molecule has 200 valence electrons. The number of carbonyl (C=O) groups is 3. The van der Waals surface area contributed by atoms with Crippen LogP contribution in [0.25, 0.3) is 0 Å². The molecule has 3 rings (SSSR count). The van der Waals surface area contributed by atoms with Crippen molar-refractivity contribution >= 4 is 41.3 Å². The third-order valence-corrected chi connectivity index (χ3v) is 6.87. The van der Waals surface area contributed by atoms with Gasteiger partial charge in [0.15, 0.2) is 18.3 Å². The van der Waals surface area contributed by atoms with Gasteiger partial charge >= 0.3 is 17.9 Å². The molecule has 0 bridgehead atoms. The highest BCUT2D eigenvalue weighted by atomic mass is 35.5. The first-order valence-corrected chi connectivity index (χ1v) is 13.5. The summed E-state index contributed by atoms with van der Waals surface area (Å²) in [5.41, 5.74) is 1.85. The van der Waals surface area contributed by atoms with Crippen molar-refractivity contribution in [2.45, 2.75) is 64.0 Å². The van der Waals surface area contributed by atoms with Crippen LogP contribution in [0, 0.1) is 0 Å². The largest absolute Gasteiger partial charge is 0.494 e. The van der Waals surface area contributed by atoms with Gasteiger partial charge in [0.1, 0.15) is 17.3 Å². The van der Waals surface area contributed by atoms with Gasteiger partial charge in [0.05, 0.1) is 6.61 Å². The molecule has 0 amide bonds. The molecule has 1 saturated heterocycles. The molecule has 5 atom stereocenters. The van der Waals surface area contributed by atoms with Crippen LogP contribution in [0.15, 0.2) is 42.5 Å². The van der Waals surface area contributed by atoms with Crippen LogP contribution in [0.1, 0.15) is 50.5 Å². The molecule has 2 aromatic rings. The lowest BCUT2D eigenvalue weighted by molar-refractivity contribution is -0.233. The van der Waals surface area contributed by atoms with Crippen LogP contribution < -0.4 is 4.74 Å². The highest BCUT2D eigenvalue weighted by molar-refractivity contribution is 7.99. The standard InChI is InChI=1S/C27H31ClO8S/c1-6-32-21-10-7-18(8-11-21)13-20-14-19(9-12-22(20)28)23-24(33-15(2)29)25(34-16(3)30)26(35-17(4)31)27(36-23)37-5/h7-12,14,23-27H,6,13H2,1-5H3/t23?,24?,25?,26?,27-/m1/s1. The van der Waals surface area contributed by atoms with E-state index in [9.17, 15) is 14.4 Å². The quantitative estimate of drug-likeness (QED) is 0.319. The third kappa shape index (κ3) is 7.63. The summed E-state index contributed by atoms with van der Waals surface area (Å²) in [5, 5.41) is 0.563. The highest BCUT2D eigenvalue weighted by Crippen LogP contribution is 2.41. The van der Waals surface area contributed by atoms with Crippen LogP contribution in [0.5, 0.6) is 5.75 Å². The number of halogens is 1. The first-order chi connectivity index (χ1) is 17.6. The summed E-state index contributed by atoms with van der Waals surface area (Å²) in [4.78, 5) is 35.9. The summed E-state index contributed by atoms with van der Waals surface area (Å²) in [7, 11) is 0. The topological polar surface area (TPSA) is 97.4 Å². The van der Waals surface area contributed by atoms with Crippen molar-refractivity contribution in [1.82, 2.24) is 0 Å². The third-order valence-electron chi connectivity index (χ3n) is 5.66. The average molecular weight is 551 g/mol. The fraction of sp³-hybridized carbons (Fsp3) is 0.444. The van der Waals surface area contributed by atoms with Crippen LogP contribution in [0.2, 0.25) is 5.02 Å². The van der Waals surface area contributed by atoms with E-state index in [2.05, 4.69) is 0 Å². The van der Waals surface area contributed by atoms with Gasteiger partial charge in [-0.2, -0.15) is 0 Å². The first kappa shape index (κ1) is 28.8. The number of carbonyl (C=O) groups excluding carboxylic acids is 3. The zero-order chi connectivity index (χ0) is 27.1. The molecular weight excluding hydrogens is 520 g/mol. The van der Waals surface area contributed by atoms with Crippen LogP contribution >= 0.6 is 23.4 Å². The Morgan fingerprint density at radius 2 is 1.49 bits per heavy atom. The Labute approximate surface area is 225 Å². The zero-order valence-electron chi connectivity index (χ0n) is 21.4. The van der Waals surface area contributed by atoms with Crippen LogP contribution in [0.3, 0.4) is 0 Å². The maximum atomic E-state index is 12.1. The monoisotopic (exact) mass is 550 g/mol. The minimum atomic E-state index is -1.08. The molecule has 0 N–H and O–H groups in total. The van der Waals surface area contributed by atoms with Crippen molar-refractivity contribution in [2.75, 3.05) is 12.9 Å². The second kappa shape index (κ2) is 13.2. The summed E-state index contributed by atoms with van der Waals surface area (Å²) < 4.78 is 28.5. The number of rotatable bonds is 9. The average Bonchev–Trinajstić information content (AvgIpc) is 2.83. The van der Waals surface area contributed by atoms with Crippen molar-refractivity contribution in [3.8, 4) is 5.75 Å². The molecule has 0 spiro atoms. The summed E-state index contributed by atoms with van der Waals surface area (Å²) in [5.74, 6) is -0.988. The molecule has 8 nitrogen and oxygen atoms in total. The molecule has 1 aliphatic rings. The number of esters is 3. The van der Waals surface area contributed by atoms with Crippen molar-refractivity contribution in [3.05, 3.63) is 64.2 Å². The highest BCUT2D eigenvalue weighted by Gasteiger charge is 2.52. The minimum Gasteiger partial charge on any atom is -0.494 e. The molecule has 0 saturated carbocycles. The van der Waals surface area contributed by atoms with Crippen LogP contribution in [0.4, 0.5) is 0 Å². The lowest BCUT2D eigenvalue weighted by Gasteiger charge is -2.44. The van der Waals surface area contributed by atoms with E-state index in [-0.39, 0.29) is 0 Å². The van der Waals surface area contributed by atoms with Gasteiger partial charge in [-0.15, -0.1) is 11.8 Å². The van der Waals surface area contributed by atoms with Gasteiger partial charge < -0.3 is 23.7 Å². The molecule has 1 aliphatic heterocycles. The zero-order valence-corrected chi connectivity index (χ0v) is 23.0. The van der Waals surface area contributed by atoms with Gasteiger partial charge in [0.25, 0.3) is 0 Å². The molecule has 1 fully saturated rings. The molecule has 37 heavy (non-hydrogen) atoms. The van der Waals surface area contributed by atoms with E-state index in [1.54, 1.807) is 18.4 Å². The van der Waals surface area contributed by atoms with Crippen molar-refractivity contribution < 1.29 is 38.1 Å². The molecule has 0 radical (unpaired) electrons. The Morgan fingerprint density at radius 1 is 0.892 bits per heavy atom. The molecule has 4 unspecified atom stereocenters. The van der Waals surface area contributed by atoms with Gasteiger partial charge in [-0.25, -0.2) is 0 Å². The van der Waals surface area contributed by atoms with E-state index in [0.717, 1.165) is 16.9 Å². The number of ether oxygens (including phenoxy) is 5. The maximum Gasteiger partial charge on any atom is 0.303 e. The summed E-state index contributed by atoms with van der Waals surface area (Å²) in [6, 6.07) is 13.2. The molecular formula is C27H31ClO8S. The van der Waals surface area contributed by atoms with Gasteiger partial charge in [-0.05, 0) is 54.5 Å². The predicted octanol–water partition coefficient (Wildman–Crippen LogP) is 4.89. The van der Waals surface area contributed by atoms with E-state index in [1.165, 1.54) is 32.5 Å². The van der Waals surface area contributed by atoms with E-state index in [4.69, 9.17) is 35.3 Å². The normalized spacial score (nSPS) is 23.1. The SMILES string of the molecule is CCOc1ccc(Cc2cc(C3O[C@H](SC)C(OC(C)=O)C(OC(C)=O)C3OC(C)=O)ccc2Cl)cc1. The number of hydrogen-bond donors (Lipinski definition) is 0. The Balaban J connectivity index is 1.99. The molecule has 10 heteroatoms. The molecule has 0 aliphatic carbocycles. The van der Waals surface area contributed by atoms with Gasteiger partial charge in [0, 0.05) is 25.8 Å². The van der Waals surface area contributed by atoms with E-state index in [0.29, 0.717) is 23.6 Å². The number of benzene rings is 2. The smallest absolute Gasteiger partial charge is 0.303 e. The fourth-order valence-corrected chi connectivity index (χ4v) is 5.12. The van der Waals surface area contributed by atoms with Crippen LogP contribution in [-0.2, 0) is 39.8 Å². The van der Waals surface area contributed by atoms with Gasteiger partial charge in [-0.3, -0.25) is 14.4 Å². The molecule has 1 heterocycles. The summed E-state index contributed by atoms with van der Waals surface area (Å²) >= 11 is 7.83. The maximum absolute atomic E-state index is 12.1. The molecule has 0 aromatic heterocycles. The second-order valence-corrected chi connectivity index (χ2v) is 9.83. The van der Waals surface area contributed by atoms with E-state index >= 15 is 0 Å². The number of hydrogen-bond acceptors (Lipinski definition) is 9. The fourth-order valence-electron chi connectivity index (χ4n) is 4.23. The van der Waals surface area contributed by atoms with Crippen molar-refractivity contribution in [2.24, 2.45) is 0 Å². The number of thioether (sulfide) groups is 1. The Bertz CT molecular complexity index is 1110. The lowest BCUT2D eigenvalue weighted by atomic mass is 9.92. The van der Waals surface area contributed by atoms with E-state index in [1.807, 2.05) is 37.3 Å². The summed E-state index contributed by atoms with van der Waals surface area (Å²) in [6.07, 6.45) is -1.60. The predicted molar refractivity (Wildman–Crippen MR) is 140 cm³/mol. The van der Waals surface area contributed by atoms with E-state index < -0.39 is 47.8 Å². The van der Waals surface area contributed by atoms with Crippen molar-refractivity contribution in [1.29, 1.82) is 0 Å². The molecule has 2 aromatic carbocycles. The Hall–Kier alpha value is -2.75. The van der Waals surface area contributed by atoms with Gasteiger partial charge in [0.2, 0.25) is 0 Å². The van der Waals surface area contributed by atoms with Crippen molar-refractivity contribution in [3.63, 3.8) is 0 Å². The van der Waals surface area contributed by atoms with Crippen LogP contribution in [-0.4, -0.2) is 54.5 Å². The first-order valence-electron chi connectivity index (χ1n) is 11.8. The second-order valence-electron chi connectivity index (χ2n) is 8.49. The Kier molecular flexibility index (Phi) is 10.3. The van der Waals surface area contributed by atoms with Gasteiger partial charge in [-0.1, -0.05) is 35.9 Å². The lowest BCUT2D eigenvalue weighted by Crippen LogP contribution is -2.57. The minimum absolute atomic E-state index is 0.541. The summed E-state index contributed by atoms with van der Waals surface area (Å²) in [6.45, 7) is 6.26.